The van der Waals surface area contributed by atoms with Gasteiger partial charge in [-0.2, -0.15) is 0 Å². The van der Waals surface area contributed by atoms with Crippen molar-refractivity contribution in [2.45, 2.75) is 6.17 Å². The summed E-state index contributed by atoms with van der Waals surface area (Å²) in [5, 5.41) is 15.9. The number of aliphatic imine (C=N–C) groups is 1. The minimum Gasteiger partial charge on any atom is -0.402 e. The maximum atomic E-state index is 13.6. The molecule has 0 radical (unpaired) electrons. The third-order valence-electron chi connectivity index (χ3n) is 6.88. The van der Waals surface area contributed by atoms with Gasteiger partial charge in [-0.25, -0.2) is 14.4 Å². The van der Waals surface area contributed by atoms with Crippen molar-refractivity contribution in [1.82, 2.24) is 15.2 Å². The highest BCUT2D eigenvalue weighted by atomic mass is 32.1. The highest BCUT2D eigenvalue weighted by molar-refractivity contribution is 7.19. The van der Waals surface area contributed by atoms with Gasteiger partial charge in [0.2, 0.25) is 6.17 Å². The van der Waals surface area contributed by atoms with Gasteiger partial charge in [0.05, 0.1) is 24.6 Å². The molecule has 210 valence electrons. The summed E-state index contributed by atoms with van der Waals surface area (Å²) in [5.74, 6) is -0.497. The van der Waals surface area contributed by atoms with Crippen LogP contribution < -0.4 is 15.5 Å². The molecule has 1 saturated heterocycles. The largest absolute Gasteiger partial charge is 0.402 e. The Morgan fingerprint density at radius 1 is 0.929 bits per heavy atom. The third-order valence-corrected chi connectivity index (χ3v) is 8.05. The second-order valence-electron chi connectivity index (χ2n) is 9.62. The fourth-order valence-corrected chi connectivity index (χ4v) is 5.94. The van der Waals surface area contributed by atoms with E-state index in [1.807, 2.05) is 54.6 Å². The molecule has 42 heavy (non-hydrogen) atoms. The lowest BCUT2D eigenvalue weighted by atomic mass is 10.0. The van der Waals surface area contributed by atoms with Crippen LogP contribution in [0.2, 0.25) is 0 Å². The van der Waals surface area contributed by atoms with Crippen LogP contribution >= 0.6 is 11.3 Å². The van der Waals surface area contributed by atoms with Gasteiger partial charge in [-0.3, -0.25) is 4.79 Å². The molecule has 4 heterocycles. The monoisotopic (exact) mass is 581 g/mol. The lowest BCUT2D eigenvalue weighted by Gasteiger charge is -2.27. The first-order chi connectivity index (χ1) is 20.6. The van der Waals surface area contributed by atoms with Gasteiger partial charge in [0.25, 0.3) is 11.8 Å². The Kier molecular flexibility index (Phi) is 6.90. The highest BCUT2D eigenvalue weighted by Gasteiger charge is 2.29. The Bertz CT molecular complexity index is 1770. The Morgan fingerprint density at radius 2 is 1.69 bits per heavy atom. The smallest absolute Gasteiger partial charge is 0.317 e. The van der Waals surface area contributed by atoms with Gasteiger partial charge in [0, 0.05) is 29.8 Å². The van der Waals surface area contributed by atoms with Crippen LogP contribution in [-0.2, 0) is 9.53 Å². The number of benzodiazepines with no additional fused rings is 1. The molecule has 12 heteroatoms. The molecule has 0 aliphatic carbocycles. The Hall–Kier alpha value is -4.94. The number of hydrogen-bond donors (Lipinski definition) is 2. The van der Waals surface area contributed by atoms with E-state index in [0.29, 0.717) is 48.4 Å². The first-order valence-corrected chi connectivity index (χ1v) is 14.2. The third kappa shape index (κ3) is 5.13. The van der Waals surface area contributed by atoms with Crippen molar-refractivity contribution in [2.24, 2.45) is 4.99 Å². The standard InChI is InChI=1S/C30H24FN7O3S/c31-20-12-10-19(11-13-20)28-34-24(29(42-28)38-14-16-40-17-15-38)27-36-37-30(41-27)35-25-26(39)32-22-9-5-4-8-21(22)23(33-25)18-6-2-1-3-7-18/h1-13,25H,14-17H2,(H,32,39)(H,35,37)/t25-/m1/s1. The molecule has 1 amide bonds. The number of carbonyl (C=O) groups is 1. The Labute approximate surface area is 243 Å². The number of carbonyl (C=O) groups excluding carboxylic acids is 1. The molecule has 2 aliphatic heterocycles. The van der Waals surface area contributed by atoms with Gasteiger partial charge in [-0.1, -0.05) is 65.0 Å². The van der Waals surface area contributed by atoms with Crippen molar-refractivity contribution in [2.75, 3.05) is 41.8 Å². The molecule has 0 saturated carbocycles. The van der Waals surface area contributed by atoms with E-state index in [1.54, 1.807) is 12.1 Å². The van der Waals surface area contributed by atoms with Crippen molar-refractivity contribution in [3.8, 4) is 22.2 Å². The summed E-state index contributed by atoms with van der Waals surface area (Å²) in [6, 6.07) is 23.4. The molecule has 5 aromatic rings. The van der Waals surface area contributed by atoms with Crippen molar-refractivity contribution < 1.29 is 18.3 Å². The average molecular weight is 582 g/mol. The summed E-state index contributed by atoms with van der Waals surface area (Å²) in [6.07, 6.45) is -1.04. The summed E-state index contributed by atoms with van der Waals surface area (Å²) < 4.78 is 25.1. The number of nitrogens with zero attached hydrogens (tertiary/aromatic N) is 5. The molecule has 1 fully saturated rings. The summed E-state index contributed by atoms with van der Waals surface area (Å²) in [7, 11) is 0. The van der Waals surface area contributed by atoms with E-state index >= 15 is 0 Å². The molecule has 0 spiro atoms. The molecular formula is C30H24FN7O3S. The number of aromatic nitrogens is 3. The van der Waals surface area contributed by atoms with Gasteiger partial charge in [0.15, 0.2) is 5.69 Å². The molecule has 7 rings (SSSR count). The number of halogens is 1. The van der Waals surface area contributed by atoms with Crippen molar-refractivity contribution >= 4 is 39.7 Å². The van der Waals surface area contributed by atoms with Crippen LogP contribution in [0, 0.1) is 5.82 Å². The molecule has 2 aromatic heterocycles. The molecule has 1 atom stereocenters. The number of nitrogens with one attached hydrogen (secondary N) is 2. The summed E-state index contributed by atoms with van der Waals surface area (Å²) in [4.78, 5) is 25.0. The summed E-state index contributed by atoms with van der Waals surface area (Å²) in [5.41, 5.74) is 4.26. The zero-order valence-corrected chi connectivity index (χ0v) is 23.0. The molecule has 3 aromatic carbocycles. The van der Waals surface area contributed by atoms with Crippen LogP contribution in [0.25, 0.3) is 22.2 Å². The van der Waals surface area contributed by atoms with E-state index < -0.39 is 6.17 Å². The lowest BCUT2D eigenvalue weighted by molar-refractivity contribution is -0.116. The van der Waals surface area contributed by atoms with Gasteiger partial charge in [-0.15, -0.1) is 5.10 Å². The SMILES string of the molecule is O=C1Nc2ccccc2C(c2ccccc2)=N[C@@H]1Nc1nnc(-c2nc(-c3ccc(F)cc3)sc2N2CCOCC2)o1. The van der Waals surface area contributed by atoms with Crippen LogP contribution in [0.4, 0.5) is 21.1 Å². The number of anilines is 3. The normalized spacial score (nSPS) is 16.8. The van der Waals surface area contributed by atoms with Crippen LogP contribution in [-0.4, -0.2) is 59.3 Å². The predicted molar refractivity (Wildman–Crippen MR) is 158 cm³/mol. The molecule has 2 N–H and O–H groups in total. The quantitative estimate of drug-likeness (QED) is 0.286. The number of morpholine rings is 1. The van der Waals surface area contributed by atoms with E-state index in [9.17, 15) is 9.18 Å². The first kappa shape index (κ1) is 26.0. The van der Waals surface area contributed by atoms with E-state index in [0.717, 1.165) is 21.7 Å². The van der Waals surface area contributed by atoms with Gasteiger partial charge >= 0.3 is 6.01 Å². The van der Waals surface area contributed by atoms with E-state index in [2.05, 4.69) is 25.7 Å². The zero-order valence-electron chi connectivity index (χ0n) is 22.2. The van der Waals surface area contributed by atoms with Crippen LogP contribution in [0.1, 0.15) is 11.1 Å². The second kappa shape index (κ2) is 11.1. The van der Waals surface area contributed by atoms with E-state index in [-0.39, 0.29) is 23.6 Å². The first-order valence-electron chi connectivity index (χ1n) is 13.4. The summed E-state index contributed by atoms with van der Waals surface area (Å²) in [6.45, 7) is 2.52. The number of para-hydroxylation sites is 1. The number of ether oxygens (including phenoxy) is 1. The minimum atomic E-state index is -1.04. The van der Waals surface area contributed by atoms with Crippen LogP contribution in [0.15, 0.2) is 88.3 Å². The number of amides is 1. The number of thiazole rings is 1. The molecule has 2 aliphatic rings. The average Bonchev–Trinajstić information content (AvgIpc) is 3.65. The van der Waals surface area contributed by atoms with Crippen LogP contribution in [0.3, 0.4) is 0 Å². The van der Waals surface area contributed by atoms with Gasteiger partial charge in [-0.05, 0) is 30.3 Å². The van der Waals surface area contributed by atoms with Gasteiger partial charge < -0.3 is 24.7 Å². The Morgan fingerprint density at radius 3 is 2.50 bits per heavy atom. The maximum absolute atomic E-state index is 13.6. The molecular weight excluding hydrogens is 557 g/mol. The topological polar surface area (TPSA) is 118 Å². The number of rotatable bonds is 6. The molecule has 0 bridgehead atoms. The van der Waals surface area contributed by atoms with E-state index in [1.165, 1.54) is 23.5 Å². The van der Waals surface area contributed by atoms with E-state index in [4.69, 9.17) is 19.1 Å². The summed E-state index contributed by atoms with van der Waals surface area (Å²) >= 11 is 1.46. The highest BCUT2D eigenvalue weighted by Crippen LogP contribution is 2.40. The zero-order chi connectivity index (χ0) is 28.5. The predicted octanol–water partition coefficient (Wildman–Crippen LogP) is 5.06. The lowest BCUT2D eigenvalue weighted by Crippen LogP contribution is -2.35. The minimum absolute atomic E-state index is 0.0246. The molecule has 10 nitrogen and oxygen atoms in total. The fraction of sp³-hybridized carbons (Fsp3) is 0.167. The number of fused-ring (bicyclic) bond motifs is 1. The molecule has 0 unspecified atom stereocenters. The number of benzene rings is 3. The van der Waals surface area contributed by atoms with Gasteiger partial charge in [0.1, 0.15) is 15.8 Å². The Balaban J connectivity index is 1.22. The van der Waals surface area contributed by atoms with Crippen molar-refractivity contribution in [3.63, 3.8) is 0 Å². The van der Waals surface area contributed by atoms with Crippen molar-refractivity contribution in [3.05, 3.63) is 95.8 Å². The van der Waals surface area contributed by atoms with Crippen molar-refractivity contribution in [1.29, 1.82) is 0 Å². The second-order valence-corrected chi connectivity index (χ2v) is 10.6. The number of hydrogen-bond acceptors (Lipinski definition) is 10. The fourth-order valence-electron chi connectivity index (χ4n) is 4.82. The van der Waals surface area contributed by atoms with Crippen LogP contribution in [0.5, 0.6) is 0 Å². The maximum Gasteiger partial charge on any atom is 0.317 e.